The van der Waals surface area contributed by atoms with Crippen LogP contribution in [0.4, 0.5) is 5.69 Å². The molecule has 0 spiro atoms. The minimum atomic E-state index is -3.62. The Morgan fingerprint density at radius 2 is 1.69 bits per heavy atom. The zero-order chi connectivity index (χ0) is 27.2. The number of carbonyl (C=O) groups is 2. The summed E-state index contributed by atoms with van der Waals surface area (Å²) in [6.07, 6.45) is 1.37. The van der Waals surface area contributed by atoms with Gasteiger partial charge in [-0.2, -0.15) is 0 Å². The predicted octanol–water partition coefficient (Wildman–Crippen LogP) is 5.44. The summed E-state index contributed by atoms with van der Waals surface area (Å²) in [5, 5.41) is 4.13. The number of rotatable bonds is 11. The van der Waals surface area contributed by atoms with Crippen molar-refractivity contribution >= 4 is 62.3 Å². The van der Waals surface area contributed by atoms with Crippen LogP contribution in [0.15, 0.2) is 36.4 Å². The molecule has 1 atom stereocenters. The lowest BCUT2D eigenvalue weighted by molar-refractivity contribution is -0.140. The van der Waals surface area contributed by atoms with Crippen LogP contribution in [0, 0.1) is 6.92 Å². The molecular weight excluding hydrogens is 545 g/mol. The van der Waals surface area contributed by atoms with E-state index in [1.54, 1.807) is 50.2 Å². The molecule has 7 nitrogen and oxygen atoms in total. The number of nitrogens with zero attached hydrogens (tertiary/aromatic N) is 2. The standard InChI is InChI=1S/C25H32Cl3N3O4S/c1-16(2)29-25(33)18(4)30(15-19-11-12-20(26)14-22(19)28)24(32)10-7-13-31(36(5,34)35)23-9-6-8-21(27)17(23)3/h6,8-9,11-12,14,16,18H,7,10,13,15H2,1-5H3,(H,29,33)/t18-/m0/s1. The first-order valence-corrected chi connectivity index (χ1v) is 14.5. The quantitative estimate of drug-likeness (QED) is 0.386. The molecule has 0 saturated carbocycles. The summed E-state index contributed by atoms with van der Waals surface area (Å²) in [5.74, 6) is -0.598. The highest BCUT2D eigenvalue weighted by Gasteiger charge is 2.28. The molecule has 0 radical (unpaired) electrons. The second kappa shape index (κ2) is 13.0. The van der Waals surface area contributed by atoms with Gasteiger partial charge in [0.25, 0.3) is 0 Å². The largest absolute Gasteiger partial charge is 0.352 e. The number of amides is 2. The Balaban J connectivity index is 2.24. The first kappa shape index (κ1) is 30.2. The summed E-state index contributed by atoms with van der Waals surface area (Å²) >= 11 is 18.5. The molecule has 198 valence electrons. The molecule has 11 heteroatoms. The molecule has 0 bridgehead atoms. The van der Waals surface area contributed by atoms with Crippen LogP contribution in [0.3, 0.4) is 0 Å². The number of benzene rings is 2. The van der Waals surface area contributed by atoms with E-state index in [1.165, 1.54) is 9.21 Å². The lowest BCUT2D eigenvalue weighted by Gasteiger charge is -2.30. The van der Waals surface area contributed by atoms with Gasteiger partial charge in [0, 0.05) is 40.6 Å². The third-order valence-electron chi connectivity index (χ3n) is 5.61. The van der Waals surface area contributed by atoms with Crippen molar-refractivity contribution in [2.75, 3.05) is 17.1 Å². The van der Waals surface area contributed by atoms with E-state index < -0.39 is 16.1 Å². The van der Waals surface area contributed by atoms with E-state index in [1.807, 2.05) is 13.8 Å². The lowest BCUT2D eigenvalue weighted by atomic mass is 10.1. The third kappa shape index (κ3) is 8.26. The van der Waals surface area contributed by atoms with Gasteiger partial charge in [-0.1, -0.05) is 46.9 Å². The molecule has 0 aliphatic rings. The van der Waals surface area contributed by atoms with Crippen LogP contribution in [0.5, 0.6) is 0 Å². The summed E-state index contributed by atoms with van der Waals surface area (Å²) in [6.45, 7) is 7.25. The summed E-state index contributed by atoms with van der Waals surface area (Å²) < 4.78 is 26.3. The summed E-state index contributed by atoms with van der Waals surface area (Å²) in [6, 6.07) is 9.14. The van der Waals surface area contributed by atoms with Crippen LogP contribution >= 0.6 is 34.8 Å². The molecule has 0 aliphatic carbocycles. The molecule has 0 unspecified atom stereocenters. The maximum absolute atomic E-state index is 13.3. The lowest BCUT2D eigenvalue weighted by Crippen LogP contribution is -2.49. The van der Waals surface area contributed by atoms with Crippen LogP contribution in [0.25, 0.3) is 0 Å². The van der Waals surface area contributed by atoms with E-state index >= 15 is 0 Å². The summed E-state index contributed by atoms with van der Waals surface area (Å²) in [7, 11) is -3.62. The van der Waals surface area contributed by atoms with Gasteiger partial charge in [-0.25, -0.2) is 8.42 Å². The summed E-state index contributed by atoms with van der Waals surface area (Å²) in [4.78, 5) is 27.5. The first-order chi connectivity index (χ1) is 16.7. The Hall–Kier alpha value is -2.00. The number of halogens is 3. The van der Waals surface area contributed by atoms with E-state index in [4.69, 9.17) is 34.8 Å². The highest BCUT2D eigenvalue weighted by atomic mass is 35.5. The number of anilines is 1. The van der Waals surface area contributed by atoms with Gasteiger partial charge in [-0.3, -0.25) is 13.9 Å². The highest BCUT2D eigenvalue weighted by molar-refractivity contribution is 7.92. The molecule has 0 saturated heterocycles. The zero-order valence-electron chi connectivity index (χ0n) is 21.0. The first-order valence-electron chi connectivity index (χ1n) is 11.5. The van der Waals surface area contributed by atoms with Gasteiger partial charge < -0.3 is 10.2 Å². The Kier molecular flexibility index (Phi) is 10.9. The van der Waals surface area contributed by atoms with Crippen LogP contribution in [-0.4, -0.2) is 50.0 Å². The van der Waals surface area contributed by atoms with Gasteiger partial charge >= 0.3 is 0 Å². The average Bonchev–Trinajstić information content (AvgIpc) is 2.76. The van der Waals surface area contributed by atoms with Crippen molar-refractivity contribution in [1.82, 2.24) is 10.2 Å². The van der Waals surface area contributed by atoms with Crippen molar-refractivity contribution in [3.05, 3.63) is 62.6 Å². The monoisotopic (exact) mass is 575 g/mol. The Morgan fingerprint density at radius 1 is 1.03 bits per heavy atom. The Bertz CT molecular complexity index is 1210. The number of sulfonamides is 1. The highest BCUT2D eigenvalue weighted by Crippen LogP contribution is 2.29. The SMILES string of the molecule is Cc1c(Cl)cccc1N(CCCC(=O)N(Cc1ccc(Cl)cc1Cl)[C@@H](C)C(=O)NC(C)C)S(C)(=O)=O. The molecule has 2 aromatic rings. The van der Waals surface area contributed by atoms with Gasteiger partial charge in [-0.05, 0) is 69.5 Å². The molecule has 2 amide bonds. The van der Waals surface area contributed by atoms with Crippen molar-refractivity contribution < 1.29 is 18.0 Å². The molecule has 0 aliphatic heterocycles. The fraction of sp³-hybridized carbons (Fsp3) is 0.440. The van der Waals surface area contributed by atoms with Gasteiger partial charge in [0.05, 0.1) is 11.9 Å². The fourth-order valence-electron chi connectivity index (χ4n) is 3.67. The van der Waals surface area contributed by atoms with Crippen LogP contribution in [0.2, 0.25) is 15.1 Å². The number of hydrogen-bond donors (Lipinski definition) is 1. The van der Waals surface area contributed by atoms with E-state index in [0.29, 0.717) is 31.9 Å². The van der Waals surface area contributed by atoms with Crippen LogP contribution in [-0.2, 0) is 26.2 Å². The molecule has 0 fully saturated rings. The number of nitrogens with one attached hydrogen (secondary N) is 1. The second-order valence-electron chi connectivity index (χ2n) is 8.92. The minimum absolute atomic E-state index is 0.0239. The average molecular weight is 577 g/mol. The predicted molar refractivity (Wildman–Crippen MR) is 147 cm³/mol. The normalized spacial score (nSPS) is 12.4. The fourth-order valence-corrected chi connectivity index (χ4v) is 5.32. The van der Waals surface area contributed by atoms with Crippen molar-refractivity contribution in [2.24, 2.45) is 0 Å². The Labute approximate surface area is 228 Å². The van der Waals surface area contributed by atoms with Gasteiger partial charge in [0.15, 0.2) is 0 Å². The molecule has 1 N–H and O–H groups in total. The number of hydrogen-bond acceptors (Lipinski definition) is 4. The minimum Gasteiger partial charge on any atom is -0.352 e. The third-order valence-corrected chi connectivity index (χ3v) is 7.79. The molecule has 36 heavy (non-hydrogen) atoms. The molecule has 0 aromatic heterocycles. The van der Waals surface area contributed by atoms with Crippen molar-refractivity contribution in [3.63, 3.8) is 0 Å². The maximum Gasteiger partial charge on any atom is 0.242 e. The molecule has 0 heterocycles. The molecule has 2 aromatic carbocycles. The molecule has 2 rings (SSSR count). The van der Waals surface area contributed by atoms with E-state index in [2.05, 4.69) is 5.32 Å². The van der Waals surface area contributed by atoms with E-state index in [0.717, 1.165) is 6.26 Å². The zero-order valence-corrected chi connectivity index (χ0v) is 24.1. The van der Waals surface area contributed by atoms with E-state index in [-0.39, 0.29) is 43.8 Å². The smallest absolute Gasteiger partial charge is 0.242 e. The van der Waals surface area contributed by atoms with E-state index in [9.17, 15) is 18.0 Å². The van der Waals surface area contributed by atoms with Crippen LogP contribution in [0.1, 0.15) is 44.7 Å². The molecular formula is C25H32Cl3N3O4S. The maximum atomic E-state index is 13.3. The van der Waals surface area contributed by atoms with Crippen molar-refractivity contribution in [1.29, 1.82) is 0 Å². The van der Waals surface area contributed by atoms with Crippen LogP contribution < -0.4 is 9.62 Å². The second-order valence-corrected chi connectivity index (χ2v) is 12.1. The Morgan fingerprint density at radius 3 is 2.28 bits per heavy atom. The van der Waals surface area contributed by atoms with Crippen molar-refractivity contribution in [2.45, 2.75) is 59.2 Å². The van der Waals surface area contributed by atoms with Gasteiger partial charge in [0.2, 0.25) is 21.8 Å². The van der Waals surface area contributed by atoms with Gasteiger partial charge in [0.1, 0.15) is 6.04 Å². The summed E-state index contributed by atoms with van der Waals surface area (Å²) in [5.41, 5.74) is 1.74. The number of carbonyl (C=O) groups excluding carboxylic acids is 2. The van der Waals surface area contributed by atoms with Gasteiger partial charge in [-0.15, -0.1) is 0 Å². The topological polar surface area (TPSA) is 86.8 Å². The van der Waals surface area contributed by atoms with Crippen molar-refractivity contribution in [3.8, 4) is 0 Å².